The summed E-state index contributed by atoms with van der Waals surface area (Å²) in [6.07, 6.45) is 14.2. The highest BCUT2D eigenvalue weighted by atomic mass is 14.9. The van der Waals surface area contributed by atoms with Gasteiger partial charge in [0.15, 0.2) is 0 Å². The molecule has 1 radical (unpaired) electrons. The summed E-state index contributed by atoms with van der Waals surface area (Å²) in [5.74, 6) is 0. The molecule has 1 N–H and O–H groups in total. The van der Waals surface area contributed by atoms with Gasteiger partial charge in [-0.15, -0.1) is 0 Å². The zero-order valence-corrected chi connectivity index (χ0v) is 8.65. The highest BCUT2D eigenvalue weighted by molar-refractivity contribution is 4.92. The molecule has 2 rings (SSSR count). The van der Waals surface area contributed by atoms with Crippen molar-refractivity contribution >= 4 is 0 Å². The third kappa shape index (κ3) is 2.98. The zero-order valence-electron chi connectivity index (χ0n) is 8.65. The molecule has 1 heteroatoms. The van der Waals surface area contributed by atoms with Gasteiger partial charge >= 0.3 is 0 Å². The van der Waals surface area contributed by atoms with Gasteiger partial charge in [0, 0.05) is 12.1 Å². The quantitative estimate of drug-likeness (QED) is 0.686. The molecular weight excluding hydrogens is 158 g/mol. The summed E-state index contributed by atoms with van der Waals surface area (Å²) < 4.78 is 0. The van der Waals surface area contributed by atoms with E-state index in [1.54, 1.807) is 6.04 Å². The number of hydrogen-bond donors (Lipinski definition) is 1. The molecule has 0 aromatic heterocycles. The lowest BCUT2D eigenvalue weighted by Crippen LogP contribution is -2.35. The van der Waals surface area contributed by atoms with E-state index in [0.29, 0.717) is 0 Å². The average molecular weight is 180 g/mol. The molecule has 0 amide bonds. The maximum absolute atomic E-state index is 3.77. The van der Waals surface area contributed by atoms with E-state index in [1.807, 2.05) is 0 Å². The normalized spacial score (nSPS) is 27.7. The monoisotopic (exact) mass is 180 g/mol. The molecule has 0 aliphatic heterocycles. The van der Waals surface area contributed by atoms with E-state index < -0.39 is 0 Å². The molecule has 0 bridgehead atoms. The van der Waals surface area contributed by atoms with Crippen LogP contribution in [0.2, 0.25) is 0 Å². The van der Waals surface area contributed by atoms with Gasteiger partial charge in [0.25, 0.3) is 0 Å². The van der Waals surface area contributed by atoms with Crippen molar-refractivity contribution < 1.29 is 0 Å². The van der Waals surface area contributed by atoms with Crippen LogP contribution in [0.3, 0.4) is 0 Å². The second kappa shape index (κ2) is 4.99. The van der Waals surface area contributed by atoms with Crippen LogP contribution < -0.4 is 5.32 Å². The summed E-state index contributed by atoms with van der Waals surface area (Å²) in [6, 6.07) is 2.50. The molecule has 0 saturated heterocycles. The highest BCUT2D eigenvalue weighted by Crippen LogP contribution is 2.26. The zero-order chi connectivity index (χ0) is 8.93. The summed E-state index contributed by atoms with van der Waals surface area (Å²) in [7, 11) is 0. The average Bonchev–Trinajstić information content (AvgIpc) is 2.21. The highest BCUT2D eigenvalue weighted by Gasteiger charge is 2.19. The molecule has 13 heavy (non-hydrogen) atoms. The SMILES string of the molecule is C1CC[C](NC2CCCCC2)CC1. The van der Waals surface area contributed by atoms with E-state index in [1.165, 1.54) is 64.2 Å². The van der Waals surface area contributed by atoms with Crippen molar-refractivity contribution in [2.24, 2.45) is 0 Å². The second-order valence-corrected chi connectivity index (χ2v) is 4.64. The molecule has 0 atom stereocenters. The lowest BCUT2D eigenvalue weighted by molar-refractivity contribution is 0.348. The minimum Gasteiger partial charge on any atom is -0.307 e. The Morgan fingerprint density at radius 2 is 1.38 bits per heavy atom. The van der Waals surface area contributed by atoms with Gasteiger partial charge in [-0.1, -0.05) is 38.5 Å². The molecule has 0 aromatic rings. The van der Waals surface area contributed by atoms with E-state index in [9.17, 15) is 0 Å². The van der Waals surface area contributed by atoms with Crippen LogP contribution in [-0.4, -0.2) is 6.04 Å². The van der Waals surface area contributed by atoms with Crippen LogP contribution in [-0.2, 0) is 0 Å². The lowest BCUT2D eigenvalue weighted by atomic mass is 9.91. The van der Waals surface area contributed by atoms with Gasteiger partial charge in [-0.05, 0) is 25.7 Å². The molecule has 75 valence electrons. The van der Waals surface area contributed by atoms with Crippen LogP contribution in [0.15, 0.2) is 0 Å². The van der Waals surface area contributed by atoms with Gasteiger partial charge in [0.05, 0.1) is 0 Å². The van der Waals surface area contributed by atoms with Crippen molar-refractivity contribution in [2.45, 2.75) is 70.3 Å². The Balaban J connectivity index is 1.69. The largest absolute Gasteiger partial charge is 0.307 e. The number of nitrogens with one attached hydrogen (secondary N) is 1. The standard InChI is InChI=1S/C12H22N/c1-3-7-11(8-4-1)13-12-9-5-2-6-10-12/h11,13H,1-10H2. The van der Waals surface area contributed by atoms with Gasteiger partial charge < -0.3 is 5.32 Å². The van der Waals surface area contributed by atoms with Crippen molar-refractivity contribution in [1.82, 2.24) is 5.32 Å². The molecule has 2 saturated carbocycles. The Morgan fingerprint density at radius 1 is 0.769 bits per heavy atom. The predicted octanol–water partition coefficient (Wildman–Crippen LogP) is 3.40. The van der Waals surface area contributed by atoms with Crippen LogP contribution in [0.1, 0.15) is 64.2 Å². The van der Waals surface area contributed by atoms with E-state index in [4.69, 9.17) is 0 Å². The number of hydrogen-bond acceptors (Lipinski definition) is 1. The predicted molar refractivity (Wildman–Crippen MR) is 56.3 cm³/mol. The minimum atomic E-state index is 0.835. The van der Waals surface area contributed by atoms with Crippen molar-refractivity contribution in [3.05, 3.63) is 6.04 Å². The van der Waals surface area contributed by atoms with E-state index >= 15 is 0 Å². The summed E-state index contributed by atoms with van der Waals surface area (Å²) in [5, 5.41) is 3.77. The van der Waals surface area contributed by atoms with E-state index in [-0.39, 0.29) is 0 Å². The first-order valence-electron chi connectivity index (χ1n) is 6.06. The first-order valence-corrected chi connectivity index (χ1v) is 6.06. The van der Waals surface area contributed by atoms with Crippen LogP contribution >= 0.6 is 0 Å². The van der Waals surface area contributed by atoms with Crippen LogP contribution in [0.5, 0.6) is 0 Å². The molecular formula is C12H22N. The van der Waals surface area contributed by atoms with Crippen molar-refractivity contribution in [1.29, 1.82) is 0 Å². The van der Waals surface area contributed by atoms with Crippen LogP contribution in [0, 0.1) is 6.04 Å². The molecule has 0 heterocycles. The fourth-order valence-electron chi connectivity index (χ4n) is 2.66. The maximum Gasteiger partial charge on any atom is 0.0366 e. The Hall–Kier alpha value is -0.0400. The van der Waals surface area contributed by atoms with Crippen molar-refractivity contribution in [2.75, 3.05) is 0 Å². The Morgan fingerprint density at radius 3 is 2.08 bits per heavy atom. The van der Waals surface area contributed by atoms with E-state index in [0.717, 1.165) is 6.04 Å². The fraction of sp³-hybridized carbons (Fsp3) is 0.917. The summed E-state index contributed by atoms with van der Waals surface area (Å²) >= 11 is 0. The molecule has 2 aliphatic rings. The summed E-state index contributed by atoms with van der Waals surface area (Å²) in [5.41, 5.74) is 0. The second-order valence-electron chi connectivity index (χ2n) is 4.64. The third-order valence-electron chi connectivity index (χ3n) is 3.47. The maximum atomic E-state index is 3.77. The first kappa shape index (κ1) is 9.51. The van der Waals surface area contributed by atoms with Crippen LogP contribution in [0.4, 0.5) is 0 Å². The minimum absolute atomic E-state index is 0.835. The molecule has 0 aromatic carbocycles. The lowest BCUT2D eigenvalue weighted by Gasteiger charge is -2.30. The van der Waals surface area contributed by atoms with E-state index in [2.05, 4.69) is 5.32 Å². The third-order valence-corrected chi connectivity index (χ3v) is 3.47. The molecule has 2 fully saturated rings. The summed E-state index contributed by atoms with van der Waals surface area (Å²) in [6.45, 7) is 0. The Bertz CT molecular complexity index is 116. The van der Waals surface area contributed by atoms with Crippen LogP contribution in [0.25, 0.3) is 0 Å². The Kier molecular flexibility index (Phi) is 3.65. The topological polar surface area (TPSA) is 12.0 Å². The first-order chi connectivity index (χ1) is 6.45. The molecule has 2 aliphatic carbocycles. The van der Waals surface area contributed by atoms with Gasteiger partial charge in [0.2, 0.25) is 0 Å². The van der Waals surface area contributed by atoms with Gasteiger partial charge in [0.1, 0.15) is 0 Å². The molecule has 0 unspecified atom stereocenters. The van der Waals surface area contributed by atoms with Gasteiger partial charge in [-0.2, -0.15) is 0 Å². The number of rotatable bonds is 2. The molecule has 1 nitrogen and oxygen atoms in total. The Labute approximate surface area is 82.3 Å². The fourth-order valence-corrected chi connectivity index (χ4v) is 2.66. The van der Waals surface area contributed by atoms with Crippen molar-refractivity contribution in [3.63, 3.8) is 0 Å². The molecule has 0 spiro atoms. The van der Waals surface area contributed by atoms with Gasteiger partial charge in [-0.3, -0.25) is 0 Å². The van der Waals surface area contributed by atoms with Gasteiger partial charge in [-0.25, -0.2) is 0 Å². The summed E-state index contributed by atoms with van der Waals surface area (Å²) in [4.78, 5) is 0. The smallest absolute Gasteiger partial charge is 0.0366 e. The van der Waals surface area contributed by atoms with Crippen molar-refractivity contribution in [3.8, 4) is 0 Å².